The maximum atomic E-state index is 12.9. The van der Waals surface area contributed by atoms with Crippen molar-refractivity contribution < 1.29 is 17.9 Å². The van der Waals surface area contributed by atoms with Gasteiger partial charge in [-0.05, 0) is 40.8 Å². The van der Waals surface area contributed by atoms with E-state index in [0.717, 1.165) is 15.8 Å². The van der Waals surface area contributed by atoms with Crippen LogP contribution in [0.25, 0.3) is 11.0 Å². The van der Waals surface area contributed by atoms with E-state index in [1.165, 1.54) is 0 Å². The van der Waals surface area contributed by atoms with Gasteiger partial charge in [-0.2, -0.15) is 13.2 Å². The van der Waals surface area contributed by atoms with Gasteiger partial charge < -0.3 is 4.74 Å². The van der Waals surface area contributed by atoms with E-state index >= 15 is 0 Å². The summed E-state index contributed by atoms with van der Waals surface area (Å²) in [4.78, 5) is 3.73. The molecule has 0 aliphatic carbocycles. The number of hydrogen-bond donors (Lipinski definition) is 0. The Bertz CT molecular complexity index is 713. The first-order chi connectivity index (χ1) is 10.5. The number of ether oxygens (including phenoxy) is 1. The molecule has 3 nitrogen and oxygen atoms in total. The van der Waals surface area contributed by atoms with Crippen LogP contribution in [0, 0.1) is 3.70 Å². The Morgan fingerprint density at radius 3 is 2.52 bits per heavy atom. The fourth-order valence-corrected chi connectivity index (χ4v) is 3.63. The maximum Gasteiger partial charge on any atom is 0.433 e. The summed E-state index contributed by atoms with van der Waals surface area (Å²) >= 11 is 8.03. The molecule has 2 aromatic rings. The van der Waals surface area contributed by atoms with Crippen molar-refractivity contribution in [2.45, 2.75) is 38.6 Å². The molecule has 0 spiro atoms. The summed E-state index contributed by atoms with van der Waals surface area (Å²) in [5.41, 5.74) is -0.796. The van der Waals surface area contributed by atoms with Gasteiger partial charge in [0.05, 0.1) is 8.72 Å². The molecule has 0 saturated carbocycles. The average Bonchev–Trinajstić information content (AvgIpc) is 2.69. The number of pyridine rings is 1. The summed E-state index contributed by atoms with van der Waals surface area (Å²) in [6.45, 7) is 7.46. The molecule has 0 radical (unpaired) electrons. The molecule has 23 heavy (non-hydrogen) atoms. The summed E-state index contributed by atoms with van der Waals surface area (Å²) in [6.07, 6.45) is -4.53. The molecule has 0 N–H and O–H groups in total. The molecule has 0 bridgehead atoms. The van der Waals surface area contributed by atoms with Crippen LogP contribution in [-0.2, 0) is 17.6 Å². The highest BCUT2D eigenvalue weighted by atomic mass is 127. The Balaban J connectivity index is 2.29. The smallest absolute Gasteiger partial charge is 0.361 e. The molecule has 0 fully saturated rings. The van der Waals surface area contributed by atoms with Gasteiger partial charge in [0.15, 0.2) is 0 Å². The standard InChI is InChI=1S/C14H17ClF3IN2OSi/c1-23(2,3)5-4-22-8-21-12(19)6-9-10(15)7-11(14(16,17)18)20-13(9)21/h6-7H,4-5,8H2,1-3H3. The van der Waals surface area contributed by atoms with E-state index in [4.69, 9.17) is 16.3 Å². The highest BCUT2D eigenvalue weighted by molar-refractivity contribution is 14.1. The Morgan fingerprint density at radius 1 is 1.30 bits per heavy atom. The van der Waals surface area contributed by atoms with Crippen molar-refractivity contribution in [1.29, 1.82) is 0 Å². The summed E-state index contributed by atoms with van der Waals surface area (Å²) < 4.78 is 46.7. The highest BCUT2D eigenvalue weighted by Crippen LogP contribution is 2.34. The lowest BCUT2D eigenvalue weighted by Crippen LogP contribution is -2.22. The lowest BCUT2D eigenvalue weighted by molar-refractivity contribution is -0.141. The second kappa shape index (κ2) is 6.89. The van der Waals surface area contributed by atoms with Crippen molar-refractivity contribution in [3.05, 3.63) is 26.5 Å². The van der Waals surface area contributed by atoms with Crippen LogP contribution in [0.2, 0.25) is 30.7 Å². The molecule has 0 aromatic carbocycles. The monoisotopic (exact) mass is 476 g/mol. The first-order valence-electron chi connectivity index (χ1n) is 6.99. The molecular formula is C14H17ClF3IN2OSi. The minimum absolute atomic E-state index is 0.0427. The van der Waals surface area contributed by atoms with Crippen LogP contribution in [0.5, 0.6) is 0 Å². The van der Waals surface area contributed by atoms with Crippen molar-refractivity contribution in [1.82, 2.24) is 9.55 Å². The minimum Gasteiger partial charge on any atom is -0.361 e. The second-order valence-corrected chi connectivity index (χ2v) is 13.6. The Labute approximate surface area is 152 Å². The number of hydrogen-bond acceptors (Lipinski definition) is 2. The topological polar surface area (TPSA) is 27.1 Å². The summed E-state index contributed by atoms with van der Waals surface area (Å²) in [7, 11) is -1.21. The molecule has 2 heterocycles. The number of aromatic nitrogens is 2. The predicted octanol–water partition coefficient (Wildman–Crippen LogP) is 5.63. The average molecular weight is 477 g/mol. The zero-order valence-corrected chi connectivity index (χ0v) is 16.9. The van der Waals surface area contributed by atoms with E-state index in [0.29, 0.717) is 12.0 Å². The molecule has 0 saturated heterocycles. The summed E-state index contributed by atoms with van der Waals surface area (Å²) in [5, 5.41) is 0.541. The predicted molar refractivity (Wildman–Crippen MR) is 96.6 cm³/mol. The number of rotatable bonds is 5. The van der Waals surface area contributed by atoms with Crippen molar-refractivity contribution in [2.24, 2.45) is 0 Å². The zero-order valence-electron chi connectivity index (χ0n) is 13.0. The van der Waals surface area contributed by atoms with Crippen LogP contribution in [0.4, 0.5) is 13.2 Å². The van der Waals surface area contributed by atoms with Gasteiger partial charge in [-0.3, -0.25) is 4.57 Å². The molecule has 2 aromatic heterocycles. The van der Waals surface area contributed by atoms with Gasteiger partial charge in [0.25, 0.3) is 0 Å². The summed E-state index contributed by atoms with van der Waals surface area (Å²) in [6, 6.07) is 3.56. The number of alkyl halides is 3. The molecule has 0 aliphatic rings. The molecule has 0 amide bonds. The Morgan fingerprint density at radius 2 is 1.96 bits per heavy atom. The number of halogens is 5. The van der Waals surface area contributed by atoms with Gasteiger partial charge in [0.1, 0.15) is 18.1 Å². The minimum atomic E-state index is -4.53. The van der Waals surface area contributed by atoms with E-state index in [2.05, 4.69) is 24.6 Å². The normalized spacial score (nSPS) is 13.0. The van der Waals surface area contributed by atoms with Gasteiger partial charge in [0.2, 0.25) is 0 Å². The van der Waals surface area contributed by atoms with Crippen LogP contribution in [0.3, 0.4) is 0 Å². The van der Waals surface area contributed by atoms with Gasteiger partial charge in [-0.1, -0.05) is 31.2 Å². The Hall–Kier alpha value is -0.323. The second-order valence-electron chi connectivity index (χ2n) is 6.47. The number of nitrogens with zero attached hydrogens (tertiary/aromatic N) is 2. The first-order valence-corrected chi connectivity index (χ1v) is 12.2. The fraction of sp³-hybridized carbons (Fsp3) is 0.500. The first kappa shape index (κ1) is 19.0. The summed E-state index contributed by atoms with van der Waals surface area (Å²) in [5.74, 6) is 0. The third-order valence-corrected chi connectivity index (χ3v) is 6.18. The third kappa shape index (κ3) is 4.83. The van der Waals surface area contributed by atoms with Gasteiger partial charge in [-0.15, -0.1) is 0 Å². The largest absolute Gasteiger partial charge is 0.433 e. The van der Waals surface area contributed by atoms with Crippen molar-refractivity contribution in [2.75, 3.05) is 6.61 Å². The lowest BCUT2D eigenvalue weighted by Gasteiger charge is -2.16. The molecule has 9 heteroatoms. The van der Waals surface area contributed by atoms with Crippen LogP contribution in [0.1, 0.15) is 5.69 Å². The van der Waals surface area contributed by atoms with E-state index < -0.39 is 19.9 Å². The molecule has 128 valence electrons. The van der Waals surface area contributed by atoms with Gasteiger partial charge >= 0.3 is 6.18 Å². The zero-order chi connectivity index (χ0) is 17.4. The van der Waals surface area contributed by atoms with Gasteiger partial charge in [0, 0.05) is 20.1 Å². The van der Waals surface area contributed by atoms with Gasteiger partial charge in [-0.25, -0.2) is 4.98 Å². The van der Waals surface area contributed by atoms with Crippen LogP contribution < -0.4 is 0 Å². The lowest BCUT2D eigenvalue weighted by atomic mass is 10.3. The molecule has 0 atom stereocenters. The molecular weight excluding hydrogens is 460 g/mol. The van der Waals surface area contributed by atoms with E-state index in [1.807, 2.05) is 22.6 Å². The third-order valence-electron chi connectivity index (χ3n) is 3.27. The molecule has 2 rings (SSSR count). The quantitative estimate of drug-likeness (QED) is 0.318. The van der Waals surface area contributed by atoms with Crippen LogP contribution in [0.15, 0.2) is 12.1 Å². The maximum absolute atomic E-state index is 12.9. The van der Waals surface area contributed by atoms with Crippen LogP contribution in [-0.4, -0.2) is 24.2 Å². The Kier molecular flexibility index (Phi) is 5.69. The SMILES string of the molecule is C[Si](C)(C)CCOCn1c(I)cc2c(Cl)cc(C(F)(F)F)nc21. The van der Waals surface area contributed by atoms with Crippen molar-refractivity contribution in [3.8, 4) is 0 Å². The fourth-order valence-electron chi connectivity index (χ4n) is 1.95. The highest BCUT2D eigenvalue weighted by Gasteiger charge is 2.34. The van der Waals surface area contributed by atoms with Crippen LogP contribution >= 0.6 is 34.2 Å². The van der Waals surface area contributed by atoms with E-state index in [9.17, 15) is 13.2 Å². The molecule has 0 aliphatic heterocycles. The van der Waals surface area contributed by atoms with E-state index in [1.54, 1.807) is 10.6 Å². The molecule has 0 unspecified atom stereocenters. The van der Waals surface area contributed by atoms with Crippen molar-refractivity contribution >= 4 is 53.3 Å². The van der Waals surface area contributed by atoms with Crippen molar-refractivity contribution in [3.63, 3.8) is 0 Å². The van der Waals surface area contributed by atoms with E-state index in [-0.39, 0.29) is 17.4 Å². The number of fused-ring (bicyclic) bond motifs is 1.